The second-order valence-electron chi connectivity index (χ2n) is 10.9. The van der Waals surface area contributed by atoms with Crippen molar-refractivity contribution in [1.82, 2.24) is 20.2 Å². The molecule has 1 aromatic carbocycles. The number of alkyl halides is 1. The summed E-state index contributed by atoms with van der Waals surface area (Å²) in [6.45, 7) is 5.63. The molecule has 4 heterocycles. The number of hydrogen-bond acceptors (Lipinski definition) is 8. The number of amides is 1. The van der Waals surface area contributed by atoms with Crippen molar-refractivity contribution in [1.29, 1.82) is 0 Å². The number of benzene rings is 1. The molecule has 11 heteroatoms. The third-order valence-electron chi connectivity index (χ3n) is 8.17. The molecule has 3 aliphatic heterocycles. The maximum atomic E-state index is 14.2. The summed E-state index contributed by atoms with van der Waals surface area (Å²) in [6.07, 6.45) is 5.09. The van der Waals surface area contributed by atoms with E-state index in [1.165, 1.54) is 13.4 Å². The fourth-order valence-electron chi connectivity index (χ4n) is 5.82. The monoisotopic (exact) mass is 571 g/mol. The summed E-state index contributed by atoms with van der Waals surface area (Å²) in [7, 11) is 1.50. The van der Waals surface area contributed by atoms with Crippen molar-refractivity contribution in [3.8, 4) is 5.75 Å². The molecule has 222 valence electrons. The van der Waals surface area contributed by atoms with Crippen molar-refractivity contribution >= 4 is 17.6 Å². The normalized spacial score (nSPS) is 25.5. The molecule has 0 aliphatic carbocycles. The SMILES string of the molecule is C=C(F)c1ccc([C@@H]2CCC[C@H](CNc3ncnc(C(=O)N4CCC(NC5CCOCC5F)CC4)c3OC)O2)cc1. The third-order valence-corrected chi connectivity index (χ3v) is 8.17. The first-order valence-electron chi connectivity index (χ1n) is 14.4. The number of halogens is 2. The molecular weight excluding hydrogens is 532 g/mol. The minimum atomic E-state index is -1.00. The number of hydrogen-bond donors (Lipinski definition) is 2. The van der Waals surface area contributed by atoms with E-state index in [1.54, 1.807) is 17.0 Å². The van der Waals surface area contributed by atoms with Crippen LogP contribution in [0.2, 0.25) is 0 Å². The quantitative estimate of drug-likeness (QED) is 0.455. The zero-order chi connectivity index (χ0) is 28.8. The van der Waals surface area contributed by atoms with Crippen LogP contribution in [0.3, 0.4) is 0 Å². The Bertz CT molecular complexity index is 1190. The maximum Gasteiger partial charge on any atom is 0.276 e. The molecule has 5 rings (SSSR count). The van der Waals surface area contributed by atoms with Crippen LogP contribution < -0.4 is 15.4 Å². The van der Waals surface area contributed by atoms with Gasteiger partial charge in [0.15, 0.2) is 17.3 Å². The summed E-state index contributed by atoms with van der Waals surface area (Å²) in [5.41, 5.74) is 1.68. The number of methoxy groups -OCH3 is 1. The van der Waals surface area contributed by atoms with Gasteiger partial charge in [-0.3, -0.25) is 4.79 Å². The van der Waals surface area contributed by atoms with Crippen LogP contribution in [0.1, 0.15) is 66.2 Å². The lowest BCUT2D eigenvalue weighted by atomic mass is 9.97. The van der Waals surface area contributed by atoms with Crippen molar-refractivity contribution in [2.75, 3.05) is 45.3 Å². The Hall–Kier alpha value is -3.15. The largest absolute Gasteiger partial charge is 0.491 e. The van der Waals surface area contributed by atoms with Gasteiger partial charge in [-0.1, -0.05) is 30.8 Å². The summed E-state index contributed by atoms with van der Waals surface area (Å²) in [6, 6.07) is 7.17. The van der Waals surface area contributed by atoms with Crippen LogP contribution in [0.25, 0.3) is 5.83 Å². The first kappa shape index (κ1) is 29.3. The van der Waals surface area contributed by atoms with E-state index >= 15 is 0 Å². The summed E-state index contributed by atoms with van der Waals surface area (Å²) in [5.74, 6) is 0.0684. The number of nitrogens with one attached hydrogen (secondary N) is 2. The number of ether oxygens (including phenoxy) is 3. The van der Waals surface area contributed by atoms with Crippen molar-refractivity contribution < 1.29 is 27.8 Å². The Morgan fingerprint density at radius 1 is 1.15 bits per heavy atom. The zero-order valence-electron chi connectivity index (χ0n) is 23.5. The number of rotatable bonds is 9. The highest BCUT2D eigenvalue weighted by molar-refractivity contribution is 5.96. The number of carbonyl (C=O) groups is 1. The van der Waals surface area contributed by atoms with Crippen LogP contribution in [0.5, 0.6) is 5.75 Å². The molecule has 2 N–H and O–H groups in total. The minimum absolute atomic E-state index is 0.0745. The van der Waals surface area contributed by atoms with Gasteiger partial charge in [0.1, 0.15) is 18.3 Å². The molecule has 1 amide bonds. The van der Waals surface area contributed by atoms with E-state index in [0.29, 0.717) is 49.8 Å². The van der Waals surface area contributed by atoms with Crippen molar-refractivity contribution in [3.05, 3.63) is 54.0 Å². The van der Waals surface area contributed by atoms with Gasteiger partial charge in [-0.15, -0.1) is 0 Å². The van der Waals surface area contributed by atoms with Gasteiger partial charge in [0.05, 0.1) is 25.9 Å². The van der Waals surface area contributed by atoms with Crippen LogP contribution in [0.4, 0.5) is 14.6 Å². The van der Waals surface area contributed by atoms with Gasteiger partial charge >= 0.3 is 0 Å². The van der Waals surface area contributed by atoms with Crippen molar-refractivity contribution in [3.63, 3.8) is 0 Å². The molecule has 3 saturated heterocycles. The Morgan fingerprint density at radius 3 is 2.63 bits per heavy atom. The van der Waals surface area contributed by atoms with Crippen molar-refractivity contribution in [2.24, 2.45) is 0 Å². The third kappa shape index (κ3) is 7.20. The molecule has 9 nitrogen and oxygen atoms in total. The smallest absolute Gasteiger partial charge is 0.276 e. The molecule has 3 aliphatic rings. The molecule has 0 spiro atoms. The highest BCUT2D eigenvalue weighted by Crippen LogP contribution is 2.33. The Labute approximate surface area is 239 Å². The lowest BCUT2D eigenvalue weighted by Gasteiger charge is -2.36. The molecule has 2 aromatic rings. The van der Waals surface area contributed by atoms with Crippen LogP contribution >= 0.6 is 0 Å². The van der Waals surface area contributed by atoms with Gasteiger partial charge in [0.25, 0.3) is 5.91 Å². The van der Waals surface area contributed by atoms with E-state index in [-0.39, 0.29) is 42.5 Å². The number of carbonyl (C=O) groups excluding carboxylic acids is 1. The van der Waals surface area contributed by atoms with Crippen LogP contribution in [0.15, 0.2) is 37.2 Å². The van der Waals surface area contributed by atoms with E-state index in [1.807, 2.05) is 12.1 Å². The number of piperidine rings is 1. The first-order chi connectivity index (χ1) is 19.9. The fourth-order valence-corrected chi connectivity index (χ4v) is 5.82. The molecule has 0 radical (unpaired) electrons. The first-order valence-corrected chi connectivity index (χ1v) is 14.4. The van der Waals surface area contributed by atoms with Crippen LogP contribution in [0, 0.1) is 0 Å². The zero-order valence-corrected chi connectivity index (χ0v) is 23.5. The molecule has 4 atom stereocenters. The topological polar surface area (TPSA) is 97.8 Å². The van der Waals surface area contributed by atoms with Gasteiger partial charge in [0, 0.05) is 43.9 Å². The summed E-state index contributed by atoms with van der Waals surface area (Å²) in [5, 5.41) is 6.72. The maximum absolute atomic E-state index is 14.2. The average molecular weight is 572 g/mol. The standard InChI is InChI=1S/C30H39F2N5O4/c1-19(31)20-6-8-21(9-7-20)26-5-3-4-23(41-26)16-33-29-28(39-2)27(34-18-35-29)30(38)37-13-10-22(11-14-37)36-25-12-15-40-17-24(25)32/h6-9,18,22-26,36H,1,3-5,10-17H2,2H3,(H,33,34,35)/t23-,24?,25?,26+/m1/s1. The Kier molecular flexibility index (Phi) is 9.79. The van der Waals surface area contributed by atoms with Gasteiger partial charge in [-0.25, -0.2) is 18.7 Å². The molecule has 1 aromatic heterocycles. The number of anilines is 1. The molecule has 0 saturated carbocycles. The van der Waals surface area contributed by atoms with E-state index in [0.717, 1.165) is 37.7 Å². The Morgan fingerprint density at radius 2 is 1.93 bits per heavy atom. The lowest BCUT2D eigenvalue weighted by Crippen LogP contribution is -2.52. The lowest BCUT2D eigenvalue weighted by molar-refractivity contribution is -0.0442. The molecule has 41 heavy (non-hydrogen) atoms. The number of aromatic nitrogens is 2. The van der Waals surface area contributed by atoms with E-state index in [2.05, 4.69) is 27.2 Å². The number of likely N-dealkylation sites (tertiary alicyclic amines) is 1. The van der Waals surface area contributed by atoms with Crippen molar-refractivity contribution in [2.45, 2.75) is 69.0 Å². The highest BCUT2D eigenvalue weighted by Gasteiger charge is 2.32. The second kappa shape index (κ2) is 13.7. The van der Waals surface area contributed by atoms with Gasteiger partial charge in [-0.05, 0) is 44.1 Å². The summed E-state index contributed by atoms with van der Waals surface area (Å²) in [4.78, 5) is 23.8. The van der Waals surface area contributed by atoms with E-state index < -0.39 is 12.0 Å². The summed E-state index contributed by atoms with van der Waals surface area (Å²) < 4.78 is 44.7. The van der Waals surface area contributed by atoms with Crippen LogP contribution in [-0.2, 0) is 9.47 Å². The predicted octanol–water partition coefficient (Wildman–Crippen LogP) is 4.47. The highest BCUT2D eigenvalue weighted by atomic mass is 19.1. The molecule has 0 bridgehead atoms. The fraction of sp³-hybridized carbons (Fsp3) is 0.567. The summed E-state index contributed by atoms with van der Waals surface area (Å²) >= 11 is 0. The second-order valence-corrected chi connectivity index (χ2v) is 10.9. The van der Waals surface area contributed by atoms with E-state index in [4.69, 9.17) is 14.2 Å². The average Bonchev–Trinajstić information content (AvgIpc) is 3.01. The van der Waals surface area contributed by atoms with Gasteiger partial charge in [0.2, 0.25) is 0 Å². The molecule has 2 unspecified atom stereocenters. The Balaban J connectivity index is 1.16. The predicted molar refractivity (Wildman–Crippen MR) is 151 cm³/mol. The number of nitrogens with zero attached hydrogens (tertiary/aromatic N) is 3. The van der Waals surface area contributed by atoms with Crippen LogP contribution in [-0.4, -0.2) is 85.1 Å². The molecule has 3 fully saturated rings. The van der Waals surface area contributed by atoms with Gasteiger partial charge in [-0.2, -0.15) is 0 Å². The minimum Gasteiger partial charge on any atom is -0.491 e. The molecular formula is C30H39F2N5O4. The van der Waals surface area contributed by atoms with E-state index in [9.17, 15) is 13.6 Å². The van der Waals surface area contributed by atoms with Gasteiger partial charge < -0.3 is 29.7 Å².